The molecule has 124 valence electrons. The molecular weight excluding hydrogens is 324 g/mol. The monoisotopic (exact) mass is 342 g/mol. The van der Waals surface area contributed by atoms with Gasteiger partial charge in [-0.15, -0.1) is 11.3 Å². The van der Waals surface area contributed by atoms with Crippen molar-refractivity contribution in [2.45, 2.75) is 26.8 Å². The first kappa shape index (κ1) is 16.2. The summed E-state index contributed by atoms with van der Waals surface area (Å²) >= 11 is 1.29. The highest BCUT2D eigenvalue weighted by molar-refractivity contribution is 7.20. The van der Waals surface area contributed by atoms with Crippen LogP contribution >= 0.6 is 11.3 Å². The van der Waals surface area contributed by atoms with E-state index in [1.807, 2.05) is 32.9 Å². The molecule has 0 unspecified atom stereocenters. The summed E-state index contributed by atoms with van der Waals surface area (Å²) in [6, 6.07) is 9.12. The largest absolute Gasteiger partial charge is 0.349 e. The third-order valence-electron chi connectivity index (χ3n) is 3.45. The summed E-state index contributed by atoms with van der Waals surface area (Å²) in [4.78, 5) is 25.7. The molecule has 3 rings (SSSR count). The number of thiophene rings is 1. The first-order valence-corrected chi connectivity index (χ1v) is 8.42. The van der Waals surface area contributed by atoms with Crippen LogP contribution in [-0.2, 0) is 0 Å². The average Bonchev–Trinajstić information content (AvgIpc) is 3.09. The molecule has 1 aromatic carbocycles. The minimum atomic E-state index is -0.222. The number of H-pyrrole nitrogens is 1. The van der Waals surface area contributed by atoms with Gasteiger partial charge in [0.25, 0.3) is 11.8 Å². The molecule has 2 heterocycles. The van der Waals surface area contributed by atoms with Crippen LogP contribution in [0.1, 0.15) is 39.4 Å². The van der Waals surface area contributed by atoms with Crippen molar-refractivity contribution >= 4 is 39.2 Å². The van der Waals surface area contributed by atoms with Crippen LogP contribution in [0.4, 0.5) is 5.82 Å². The number of nitrogens with zero attached hydrogens (tertiary/aromatic N) is 1. The fourth-order valence-electron chi connectivity index (χ4n) is 2.24. The Kier molecular flexibility index (Phi) is 4.35. The summed E-state index contributed by atoms with van der Waals surface area (Å²) in [5, 5.41) is 13.4. The molecule has 0 aliphatic carbocycles. The molecule has 0 saturated heterocycles. The molecule has 0 aliphatic rings. The predicted octanol–water partition coefficient (Wildman–Crippen LogP) is 3.32. The lowest BCUT2D eigenvalue weighted by molar-refractivity contribution is 0.0946. The third kappa shape index (κ3) is 3.30. The van der Waals surface area contributed by atoms with Gasteiger partial charge in [-0.2, -0.15) is 5.10 Å². The number of aromatic amines is 1. The van der Waals surface area contributed by atoms with Gasteiger partial charge in [0.2, 0.25) is 0 Å². The van der Waals surface area contributed by atoms with E-state index in [9.17, 15) is 9.59 Å². The van der Waals surface area contributed by atoms with E-state index in [1.165, 1.54) is 11.3 Å². The predicted molar refractivity (Wildman–Crippen MR) is 95.7 cm³/mol. The van der Waals surface area contributed by atoms with E-state index in [2.05, 4.69) is 20.8 Å². The molecule has 2 aromatic heterocycles. The Balaban J connectivity index is 1.82. The maximum atomic E-state index is 12.3. The fraction of sp³-hybridized carbons (Fsp3) is 0.235. The highest BCUT2D eigenvalue weighted by Gasteiger charge is 2.17. The maximum absolute atomic E-state index is 12.3. The van der Waals surface area contributed by atoms with Crippen molar-refractivity contribution in [3.63, 3.8) is 0 Å². The Morgan fingerprint density at radius 3 is 2.54 bits per heavy atom. The molecule has 0 atom stereocenters. The maximum Gasteiger partial charge on any atom is 0.261 e. The van der Waals surface area contributed by atoms with Crippen molar-refractivity contribution in [3.05, 3.63) is 46.3 Å². The van der Waals surface area contributed by atoms with Crippen molar-refractivity contribution in [1.82, 2.24) is 15.5 Å². The highest BCUT2D eigenvalue weighted by atomic mass is 32.1. The molecule has 7 heteroatoms. The van der Waals surface area contributed by atoms with Crippen molar-refractivity contribution in [3.8, 4) is 0 Å². The van der Waals surface area contributed by atoms with Crippen molar-refractivity contribution in [2.24, 2.45) is 0 Å². The number of aromatic nitrogens is 2. The molecular formula is C17H18N4O2S. The molecule has 0 spiro atoms. The summed E-state index contributed by atoms with van der Waals surface area (Å²) in [6.45, 7) is 5.78. The zero-order valence-corrected chi connectivity index (χ0v) is 14.5. The van der Waals surface area contributed by atoms with Crippen molar-refractivity contribution in [2.75, 3.05) is 5.32 Å². The van der Waals surface area contributed by atoms with Gasteiger partial charge in [-0.25, -0.2) is 0 Å². The van der Waals surface area contributed by atoms with Crippen LogP contribution in [0.5, 0.6) is 0 Å². The minimum absolute atomic E-state index is 0.0641. The Hall–Kier alpha value is -2.67. The van der Waals surface area contributed by atoms with Crippen LogP contribution < -0.4 is 10.6 Å². The second kappa shape index (κ2) is 6.45. The van der Waals surface area contributed by atoms with E-state index in [-0.39, 0.29) is 17.9 Å². The topological polar surface area (TPSA) is 86.9 Å². The van der Waals surface area contributed by atoms with Crippen LogP contribution in [0.2, 0.25) is 0 Å². The highest BCUT2D eigenvalue weighted by Crippen LogP contribution is 2.29. The molecule has 0 bridgehead atoms. The molecule has 2 amide bonds. The quantitative estimate of drug-likeness (QED) is 0.680. The van der Waals surface area contributed by atoms with Crippen LogP contribution in [-0.4, -0.2) is 28.1 Å². The number of benzene rings is 1. The number of amides is 2. The summed E-state index contributed by atoms with van der Waals surface area (Å²) < 4.78 is 0. The lowest BCUT2D eigenvalue weighted by atomic mass is 10.1. The molecule has 0 radical (unpaired) electrons. The molecule has 0 aliphatic heterocycles. The van der Waals surface area contributed by atoms with E-state index in [4.69, 9.17) is 0 Å². The number of rotatable bonds is 4. The molecule has 0 saturated carbocycles. The Morgan fingerprint density at radius 2 is 1.88 bits per heavy atom. The van der Waals surface area contributed by atoms with E-state index < -0.39 is 0 Å². The lowest BCUT2D eigenvalue weighted by Crippen LogP contribution is -2.29. The summed E-state index contributed by atoms with van der Waals surface area (Å²) in [6.07, 6.45) is 0. The van der Waals surface area contributed by atoms with Gasteiger partial charge in [0.15, 0.2) is 0 Å². The van der Waals surface area contributed by atoms with Crippen LogP contribution in [0, 0.1) is 6.92 Å². The number of hydrogen-bond donors (Lipinski definition) is 3. The van der Waals surface area contributed by atoms with Crippen LogP contribution in [0.25, 0.3) is 10.2 Å². The van der Waals surface area contributed by atoms with E-state index in [0.29, 0.717) is 21.1 Å². The summed E-state index contributed by atoms with van der Waals surface area (Å²) in [7, 11) is 0. The molecule has 3 aromatic rings. The number of aryl methyl sites for hydroxylation is 1. The lowest BCUT2D eigenvalue weighted by Gasteiger charge is -2.05. The summed E-state index contributed by atoms with van der Waals surface area (Å²) in [5.41, 5.74) is 1.66. The van der Waals surface area contributed by atoms with E-state index in [1.54, 1.807) is 18.2 Å². The van der Waals surface area contributed by atoms with Gasteiger partial charge in [0.05, 0.1) is 10.3 Å². The number of anilines is 1. The number of carbonyl (C=O) groups excluding carboxylic acids is 2. The molecule has 3 N–H and O–H groups in total. The average molecular weight is 342 g/mol. The number of carbonyl (C=O) groups is 2. The van der Waals surface area contributed by atoms with Gasteiger partial charge in [0.1, 0.15) is 10.6 Å². The molecule has 24 heavy (non-hydrogen) atoms. The van der Waals surface area contributed by atoms with Crippen molar-refractivity contribution < 1.29 is 9.59 Å². The van der Waals surface area contributed by atoms with Gasteiger partial charge in [-0.05, 0) is 39.0 Å². The van der Waals surface area contributed by atoms with Gasteiger partial charge < -0.3 is 10.6 Å². The minimum Gasteiger partial charge on any atom is -0.349 e. The second-order valence-corrected chi connectivity index (χ2v) is 6.91. The molecule has 0 fully saturated rings. The number of nitrogens with one attached hydrogen (secondary N) is 3. The van der Waals surface area contributed by atoms with Crippen LogP contribution in [0.3, 0.4) is 0 Å². The van der Waals surface area contributed by atoms with Crippen LogP contribution in [0.15, 0.2) is 30.3 Å². The smallest absolute Gasteiger partial charge is 0.261 e. The summed E-state index contributed by atoms with van der Waals surface area (Å²) in [5.74, 6) is 0.138. The normalized spacial score (nSPS) is 11.0. The second-order valence-electron chi connectivity index (χ2n) is 5.88. The van der Waals surface area contributed by atoms with Gasteiger partial charge in [-0.3, -0.25) is 14.7 Å². The zero-order chi connectivity index (χ0) is 17.3. The standard InChI is InChI=1S/C17H18N4O2S/c1-9(2)18-16(23)13-8-12-14(20-21-17(12)24-13)19-15(22)11-6-4-10(3)5-7-11/h4-9H,1-3H3,(H,18,23)(H2,19,20,21,22). The Labute approximate surface area is 143 Å². The van der Waals surface area contributed by atoms with Gasteiger partial charge in [-0.1, -0.05) is 17.7 Å². The van der Waals surface area contributed by atoms with Gasteiger partial charge >= 0.3 is 0 Å². The molecule has 6 nitrogen and oxygen atoms in total. The fourth-order valence-corrected chi connectivity index (χ4v) is 3.14. The SMILES string of the molecule is Cc1ccc(C(=O)Nc2[nH]nc3sc(C(=O)NC(C)C)cc23)cc1. The zero-order valence-electron chi connectivity index (χ0n) is 13.6. The Morgan fingerprint density at radius 1 is 1.17 bits per heavy atom. The Bertz CT molecular complexity index is 893. The van der Waals surface area contributed by atoms with Crippen molar-refractivity contribution in [1.29, 1.82) is 0 Å². The van der Waals surface area contributed by atoms with E-state index >= 15 is 0 Å². The number of fused-ring (bicyclic) bond motifs is 1. The first-order chi connectivity index (χ1) is 11.4. The first-order valence-electron chi connectivity index (χ1n) is 7.61. The third-order valence-corrected chi connectivity index (χ3v) is 4.47. The van der Waals surface area contributed by atoms with E-state index in [0.717, 1.165) is 10.9 Å². The van der Waals surface area contributed by atoms with Gasteiger partial charge in [0, 0.05) is 11.6 Å². The number of hydrogen-bond acceptors (Lipinski definition) is 4.